The first-order valence-electron chi connectivity index (χ1n) is 10.7. The molecule has 2 aromatic rings. The van der Waals surface area contributed by atoms with Gasteiger partial charge in [0.1, 0.15) is 18.5 Å². The average Bonchev–Trinajstić information content (AvgIpc) is 2.98. The maximum atomic E-state index is 12.8. The van der Waals surface area contributed by atoms with E-state index in [-0.39, 0.29) is 18.4 Å². The lowest BCUT2D eigenvalue weighted by atomic mass is 10.1. The van der Waals surface area contributed by atoms with Crippen LogP contribution >= 0.6 is 0 Å². The summed E-state index contributed by atoms with van der Waals surface area (Å²) in [5, 5.41) is 13.1. The van der Waals surface area contributed by atoms with Gasteiger partial charge in [-0.1, -0.05) is 17.7 Å². The van der Waals surface area contributed by atoms with E-state index in [4.69, 9.17) is 4.74 Å². The van der Waals surface area contributed by atoms with Crippen LogP contribution in [0.3, 0.4) is 0 Å². The molecule has 2 amide bonds. The van der Waals surface area contributed by atoms with Gasteiger partial charge in [0, 0.05) is 44.4 Å². The average molecular weight is 426 g/mol. The van der Waals surface area contributed by atoms with Crippen LogP contribution in [-0.4, -0.2) is 72.2 Å². The van der Waals surface area contributed by atoms with Crippen LogP contribution in [-0.2, 0) is 4.79 Å². The number of benzene rings is 2. The minimum absolute atomic E-state index is 0.0668. The van der Waals surface area contributed by atoms with Crippen LogP contribution in [0.15, 0.2) is 48.5 Å². The first-order chi connectivity index (χ1) is 14.9. The number of anilines is 1. The quantitative estimate of drug-likeness (QED) is 0.713. The molecule has 2 aromatic carbocycles. The normalized spacial score (nSPS) is 15.8. The van der Waals surface area contributed by atoms with Crippen molar-refractivity contribution >= 4 is 17.5 Å². The summed E-state index contributed by atoms with van der Waals surface area (Å²) in [5.74, 6) is 0.580. The van der Waals surface area contributed by atoms with Crippen molar-refractivity contribution in [1.29, 1.82) is 0 Å². The summed E-state index contributed by atoms with van der Waals surface area (Å²) in [6, 6.07) is 14.7. The molecule has 0 aromatic heterocycles. The second-order valence-electron chi connectivity index (χ2n) is 7.99. The molecular weight excluding hydrogens is 394 g/mol. The number of hydrogen-bond donors (Lipinski definition) is 2. The molecular formula is C24H31N3O4. The van der Waals surface area contributed by atoms with Crippen molar-refractivity contribution in [3.63, 3.8) is 0 Å². The zero-order chi connectivity index (χ0) is 22.2. The second-order valence-corrected chi connectivity index (χ2v) is 7.99. The molecule has 166 valence electrons. The summed E-state index contributed by atoms with van der Waals surface area (Å²) in [6.45, 7) is 7.04. The number of carbonyl (C=O) groups excluding carboxylic acids is 2. The van der Waals surface area contributed by atoms with E-state index >= 15 is 0 Å². The molecule has 1 fully saturated rings. The van der Waals surface area contributed by atoms with Crippen molar-refractivity contribution in [2.75, 3.05) is 44.6 Å². The number of ether oxygens (including phenoxy) is 1. The minimum atomic E-state index is -0.631. The fourth-order valence-corrected chi connectivity index (χ4v) is 3.70. The van der Waals surface area contributed by atoms with E-state index in [1.165, 1.54) is 6.92 Å². The number of nitrogens with zero attached hydrogens (tertiary/aromatic N) is 2. The lowest BCUT2D eigenvalue weighted by molar-refractivity contribution is -0.114. The summed E-state index contributed by atoms with van der Waals surface area (Å²) in [5.41, 5.74) is 2.51. The Labute approximate surface area is 183 Å². The largest absolute Gasteiger partial charge is 0.491 e. The van der Waals surface area contributed by atoms with Crippen LogP contribution in [0, 0.1) is 6.92 Å². The zero-order valence-electron chi connectivity index (χ0n) is 18.2. The Bertz CT molecular complexity index is 885. The number of aryl methyl sites for hydroxylation is 1. The van der Waals surface area contributed by atoms with E-state index in [1.807, 2.05) is 36.1 Å². The molecule has 2 N–H and O–H groups in total. The molecule has 7 nitrogen and oxygen atoms in total. The van der Waals surface area contributed by atoms with Gasteiger partial charge in [-0.05, 0) is 56.3 Å². The van der Waals surface area contributed by atoms with Gasteiger partial charge < -0.3 is 20.1 Å². The zero-order valence-corrected chi connectivity index (χ0v) is 18.2. The summed E-state index contributed by atoms with van der Waals surface area (Å²) < 4.78 is 5.68. The van der Waals surface area contributed by atoms with Crippen molar-refractivity contribution in [3.8, 4) is 5.75 Å². The lowest BCUT2D eigenvalue weighted by Crippen LogP contribution is -2.39. The second kappa shape index (κ2) is 10.9. The van der Waals surface area contributed by atoms with Crippen LogP contribution in [0.4, 0.5) is 5.69 Å². The Hall–Kier alpha value is -2.90. The van der Waals surface area contributed by atoms with E-state index in [1.54, 1.807) is 24.3 Å². The van der Waals surface area contributed by atoms with Crippen LogP contribution in [0.5, 0.6) is 5.75 Å². The molecule has 3 rings (SSSR count). The Morgan fingerprint density at radius 3 is 2.58 bits per heavy atom. The monoisotopic (exact) mass is 425 g/mol. The third-order valence-corrected chi connectivity index (χ3v) is 5.23. The van der Waals surface area contributed by atoms with Crippen LogP contribution in [0.25, 0.3) is 0 Å². The van der Waals surface area contributed by atoms with Crippen molar-refractivity contribution < 1.29 is 19.4 Å². The van der Waals surface area contributed by atoms with E-state index in [2.05, 4.69) is 10.2 Å². The predicted molar refractivity (Wildman–Crippen MR) is 120 cm³/mol. The fraction of sp³-hybridized carbons (Fsp3) is 0.417. The highest BCUT2D eigenvalue weighted by molar-refractivity contribution is 5.94. The van der Waals surface area contributed by atoms with Gasteiger partial charge in [0.25, 0.3) is 5.91 Å². The molecule has 1 atom stereocenters. The van der Waals surface area contributed by atoms with Crippen LogP contribution < -0.4 is 10.1 Å². The summed E-state index contributed by atoms with van der Waals surface area (Å²) in [6.07, 6.45) is 0.240. The number of nitrogens with one attached hydrogen (secondary N) is 1. The lowest BCUT2D eigenvalue weighted by Gasteiger charge is -2.24. The first-order valence-corrected chi connectivity index (χ1v) is 10.7. The number of rotatable bonds is 7. The third-order valence-electron chi connectivity index (χ3n) is 5.23. The molecule has 0 spiro atoms. The molecule has 0 saturated carbocycles. The maximum Gasteiger partial charge on any atom is 0.253 e. The van der Waals surface area contributed by atoms with Crippen molar-refractivity contribution in [1.82, 2.24) is 9.80 Å². The van der Waals surface area contributed by atoms with E-state index in [0.29, 0.717) is 24.5 Å². The van der Waals surface area contributed by atoms with E-state index in [9.17, 15) is 14.7 Å². The molecule has 0 aliphatic carbocycles. The highest BCUT2D eigenvalue weighted by Gasteiger charge is 2.21. The number of β-amino-alcohol motifs (C(OH)–C–C–N with tert-alkyl or cyclic N) is 1. The Morgan fingerprint density at radius 1 is 1.10 bits per heavy atom. The van der Waals surface area contributed by atoms with Gasteiger partial charge in [-0.25, -0.2) is 0 Å². The number of hydrogen-bond acceptors (Lipinski definition) is 5. The number of aliphatic hydroxyl groups excluding tert-OH is 1. The van der Waals surface area contributed by atoms with Crippen LogP contribution in [0.1, 0.15) is 29.3 Å². The Morgan fingerprint density at radius 2 is 1.87 bits per heavy atom. The standard InChI is InChI=1S/C24H31N3O4/c1-18-5-3-6-20(15-18)24(30)27-12-4-11-26(13-14-27)16-22(29)17-31-23-9-7-21(8-10-23)25-19(2)28/h3,5-10,15,22,29H,4,11-14,16-17H2,1-2H3,(H,25,28). The molecule has 1 heterocycles. The molecule has 7 heteroatoms. The Kier molecular flexibility index (Phi) is 8.03. The van der Waals surface area contributed by atoms with E-state index < -0.39 is 6.10 Å². The van der Waals surface area contributed by atoms with Gasteiger partial charge >= 0.3 is 0 Å². The van der Waals surface area contributed by atoms with Gasteiger partial charge in [0.15, 0.2) is 0 Å². The Balaban J connectivity index is 1.44. The SMILES string of the molecule is CC(=O)Nc1ccc(OCC(O)CN2CCCN(C(=O)c3cccc(C)c3)CC2)cc1. The summed E-state index contributed by atoms with van der Waals surface area (Å²) >= 11 is 0. The molecule has 1 unspecified atom stereocenters. The van der Waals surface area contributed by atoms with Gasteiger partial charge in [-0.3, -0.25) is 14.5 Å². The highest BCUT2D eigenvalue weighted by atomic mass is 16.5. The molecule has 1 saturated heterocycles. The maximum absolute atomic E-state index is 12.8. The third kappa shape index (κ3) is 7.08. The fourth-order valence-electron chi connectivity index (χ4n) is 3.70. The highest BCUT2D eigenvalue weighted by Crippen LogP contribution is 2.16. The predicted octanol–water partition coefficient (Wildman–Crippen LogP) is 2.54. The summed E-state index contributed by atoms with van der Waals surface area (Å²) in [4.78, 5) is 27.9. The smallest absolute Gasteiger partial charge is 0.253 e. The molecule has 31 heavy (non-hydrogen) atoms. The van der Waals surface area contributed by atoms with Crippen molar-refractivity contribution in [2.45, 2.75) is 26.4 Å². The van der Waals surface area contributed by atoms with Gasteiger partial charge in [0.2, 0.25) is 5.91 Å². The van der Waals surface area contributed by atoms with Crippen molar-refractivity contribution in [3.05, 3.63) is 59.7 Å². The number of carbonyl (C=O) groups is 2. The molecule has 1 aliphatic heterocycles. The molecule has 1 aliphatic rings. The van der Waals surface area contributed by atoms with Crippen LogP contribution in [0.2, 0.25) is 0 Å². The number of aliphatic hydroxyl groups is 1. The van der Waals surface area contributed by atoms with Gasteiger partial charge in [-0.2, -0.15) is 0 Å². The van der Waals surface area contributed by atoms with Gasteiger partial charge in [-0.15, -0.1) is 0 Å². The van der Waals surface area contributed by atoms with Gasteiger partial charge in [0.05, 0.1) is 0 Å². The first kappa shape index (κ1) is 22.8. The summed E-state index contributed by atoms with van der Waals surface area (Å²) in [7, 11) is 0. The molecule has 0 bridgehead atoms. The van der Waals surface area contributed by atoms with Crippen molar-refractivity contribution in [2.24, 2.45) is 0 Å². The molecule has 0 radical (unpaired) electrons. The minimum Gasteiger partial charge on any atom is -0.491 e. The van der Waals surface area contributed by atoms with E-state index in [0.717, 1.165) is 37.2 Å². The number of amides is 2. The topological polar surface area (TPSA) is 82.1 Å².